The van der Waals surface area contributed by atoms with Gasteiger partial charge in [-0.3, -0.25) is 9.59 Å². The number of halogens is 3. The summed E-state index contributed by atoms with van der Waals surface area (Å²) >= 11 is 18.7. The van der Waals surface area contributed by atoms with Gasteiger partial charge in [0.05, 0.1) is 28.8 Å². The number of hydrogen-bond donors (Lipinski definition) is 1. The van der Waals surface area contributed by atoms with Crippen LogP contribution in [0.3, 0.4) is 0 Å². The van der Waals surface area contributed by atoms with E-state index in [9.17, 15) is 14.7 Å². The zero-order chi connectivity index (χ0) is 29.5. The van der Waals surface area contributed by atoms with E-state index < -0.39 is 41.7 Å². The van der Waals surface area contributed by atoms with E-state index in [4.69, 9.17) is 53.8 Å². The van der Waals surface area contributed by atoms with E-state index in [0.29, 0.717) is 12.3 Å². The monoisotopic (exact) mass is 612 g/mol. The Morgan fingerprint density at radius 3 is 2.20 bits per heavy atom. The molecule has 0 amide bonds. The molecule has 40 heavy (non-hydrogen) atoms. The first-order chi connectivity index (χ1) is 18.8. The molecule has 0 radical (unpaired) electrons. The van der Waals surface area contributed by atoms with Crippen molar-refractivity contribution >= 4 is 46.7 Å². The van der Waals surface area contributed by atoms with E-state index in [2.05, 4.69) is 4.98 Å². The number of benzene rings is 2. The molecule has 0 saturated carbocycles. The Balaban J connectivity index is 1.70. The minimum atomic E-state index is -2.03. The summed E-state index contributed by atoms with van der Waals surface area (Å²) in [5, 5.41) is 10.8. The van der Waals surface area contributed by atoms with Gasteiger partial charge in [-0.15, -0.1) is 11.6 Å². The second-order valence-electron chi connectivity index (χ2n) is 9.68. The Labute approximate surface area is 247 Å². The Kier molecular flexibility index (Phi) is 10.7. The van der Waals surface area contributed by atoms with Gasteiger partial charge in [-0.1, -0.05) is 49.2 Å². The maximum atomic E-state index is 11.5. The molecule has 1 aromatic heterocycles. The van der Waals surface area contributed by atoms with E-state index in [0.717, 1.165) is 18.1 Å². The number of ether oxygens (including phenoxy) is 4. The molecule has 2 aromatic carbocycles. The average molecular weight is 614 g/mol. The fraction of sp³-hybridized carbons (Fsp3) is 0.393. The molecule has 0 bridgehead atoms. The number of esters is 2. The van der Waals surface area contributed by atoms with Crippen molar-refractivity contribution in [1.29, 1.82) is 0 Å². The summed E-state index contributed by atoms with van der Waals surface area (Å²) in [5.74, 6) is -2.79. The highest BCUT2D eigenvalue weighted by Crippen LogP contribution is 2.41. The summed E-state index contributed by atoms with van der Waals surface area (Å²) in [5.41, 5.74) is 1.26. The lowest BCUT2D eigenvalue weighted by molar-refractivity contribution is -0.207. The molecule has 0 unspecified atom stereocenters. The van der Waals surface area contributed by atoms with Crippen LogP contribution in [0.4, 0.5) is 0 Å². The minimum absolute atomic E-state index is 0.125. The van der Waals surface area contributed by atoms with Crippen LogP contribution in [0.15, 0.2) is 55.1 Å². The molecule has 0 saturated heterocycles. The van der Waals surface area contributed by atoms with Gasteiger partial charge in [0.25, 0.3) is 5.79 Å². The summed E-state index contributed by atoms with van der Waals surface area (Å²) in [6.45, 7) is 6.67. The smallest absolute Gasteiger partial charge is 0.305 e. The van der Waals surface area contributed by atoms with E-state index in [1.807, 2.05) is 42.7 Å². The molecule has 0 aliphatic heterocycles. The predicted molar refractivity (Wildman–Crippen MR) is 151 cm³/mol. The number of carbonyl (C=O) groups excluding carboxylic acids is 2. The first kappa shape index (κ1) is 31.5. The number of aromatic nitrogens is 2. The van der Waals surface area contributed by atoms with Crippen molar-refractivity contribution in [2.45, 2.75) is 51.5 Å². The lowest BCUT2D eigenvalue weighted by atomic mass is 9.78. The molecule has 216 valence electrons. The highest BCUT2D eigenvalue weighted by Gasteiger charge is 2.32. The molecule has 2 atom stereocenters. The Hall–Kier alpha value is -2.98. The molecule has 0 aliphatic rings. The van der Waals surface area contributed by atoms with E-state index >= 15 is 0 Å². The van der Waals surface area contributed by atoms with Crippen LogP contribution in [0.25, 0.3) is 0 Å². The summed E-state index contributed by atoms with van der Waals surface area (Å²) in [6.07, 6.45) is 4.60. The first-order valence-corrected chi connectivity index (χ1v) is 13.6. The number of hydrogen-bond acceptors (Lipinski definition) is 8. The zero-order valence-electron chi connectivity index (χ0n) is 22.5. The number of aliphatic hydroxyl groups is 1. The highest BCUT2D eigenvalue weighted by atomic mass is 35.5. The van der Waals surface area contributed by atoms with E-state index in [1.54, 1.807) is 30.9 Å². The number of rotatable bonds is 13. The van der Waals surface area contributed by atoms with Gasteiger partial charge in [0, 0.05) is 31.7 Å². The van der Waals surface area contributed by atoms with Crippen LogP contribution in [-0.2, 0) is 31.0 Å². The van der Waals surface area contributed by atoms with Crippen LogP contribution in [0.5, 0.6) is 11.5 Å². The maximum absolute atomic E-state index is 11.5. The minimum Gasteiger partial charge on any atom is -0.490 e. The molecule has 0 aliphatic carbocycles. The second kappa shape index (κ2) is 13.6. The molecule has 1 N–H and O–H groups in total. The number of nitrogens with zero attached hydrogens (tertiary/aromatic N) is 2. The number of alkyl halides is 1. The van der Waals surface area contributed by atoms with Gasteiger partial charge in [-0.05, 0) is 35.4 Å². The van der Waals surface area contributed by atoms with Crippen LogP contribution in [0, 0.1) is 0 Å². The van der Waals surface area contributed by atoms with Gasteiger partial charge in [-0.2, -0.15) is 0 Å². The average Bonchev–Trinajstić information content (AvgIpc) is 3.39. The van der Waals surface area contributed by atoms with Crippen LogP contribution in [0.2, 0.25) is 10.0 Å². The van der Waals surface area contributed by atoms with Crippen LogP contribution in [-0.4, -0.2) is 57.6 Å². The van der Waals surface area contributed by atoms with Crippen molar-refractivity contribution in [3.8, 4) is 11.5 Å². The fourth-order valence-electron chi connectivity index (χ4n) is 3.92. The SMILES string of the molecule is CC(=O)O[C@@H](COc1ccc(C(C)(C)c2cc(Cl)c(OC[C@](O)(CCl)OC(C)=O)c(Cl)c2)cc1)Cn1ccnc1. The number of carbonyl (C=O) groups is 2. The van der Waals surface area contributed by atoms with Crippen molar-refractivity contribution in [3.63, 3.8) is 0 Å². The third-order valence-electron chi connectivity index (χ3n) is 6.02. The van der Waals surface area contributed by atoms with Crippen molar-refractivity contribution in [1.82, 2.24) is 9.55 Å². The highest BCUT2D eigenvalue weighted by molar-refractivity contribution is 6.37. The summed E-state index contributed by atoms with van der Waals surface area (Å²) < 4.78 is 23.5. The molecule has 3 rings (SSSR count). The van der Waals surface area contributed by atoms with Gasteiger partial charge < -0.3 is 28.6 Å². The van der Waals surface area contributed by atoms with Crippen LogP contribution in [0.1, 0.15) is 38.8 Å². The van der Waals surface area contributed by atoms with Crippen LogP contribution < -0.4 is 9.47 Å². The largest absolute Gasteiger partial charge is 0.490 e. The summed E-state index contributed by atoms with van der Waals surface area (Å²) in [6, 6.07) is 11.0. The summed E-state index contributed by atoms with van der Waals surface area (Å²) in [7, 11) is 0. The number of imidazole rings is 1. The van der Waals surface area contributed by atoms with Crippen molar-refractivity contribution in [2.24, 2.45) is 0 Å². The van der Waals surface area contributed by atoms with Gasteiger partial charge in [0.1, 0.15) is 12.4 Å². The molecular weight excluding hydrogens is 583 g/mol. The van der Waals surface area contributed by atoms with Gasteiger partial charge in [0.15, 0.2) is 18.5 Å². The van der Waals surface area contributed by atoms with Crippen molar-refractivity contribution in [2.75, 3.05) is 19.1 Å². The zero-order valence-corrected chi connectivity index (χ0v) is 24.8. The molecule has 12 heteroatoms. The van der Waals surface area contributed by atoms with E-state index in [1.165, 1.54) is 6.92 Å². The Bertz CT molecular complexity index is 1280. The first-order valence-electron chi connectivity index (χ1n) is 12.3. The van der Waals surface area contributed by atoms with Crippen molar-refractivity contribution in [3.05, 3.63) is 76.3 Å². The molecule has 0 spiro atoms. The lowest BCUT2D eigenvalue weighted by Gasteiger charge is -2.28. The normalized spacial score (nSPS) is 13.7. The van der Waals surface area contributed by atoms with Crippen molar-refractivity contribution < 1.29 is 33.6 Å². The van der Waals surface area contributed by atoms with Crippen LogP contribution >= 0.6 is 34.8 Å². The molecule has 3 aromatic rings. The van der Waals surface area contributed by atoms with Gasteiger partial charge in [-0.25, -0.2) is 4.98 Å². The molecule has 9 nitrogen and oxygen atoms in total. The van der Waals surface area contributed by atoms with Gasteiger partial charge >= 0.3 is 11.9 Å². The second-order valence-corrected chi connectivity index (χ2v) is 10.8. The molecule has 0 fully saturated rings. The fourth-order valence-corrected chi connectivity index (χ4v) is 4.65. The summed E-state index contributed by atoms with van der Waals surface area (Å²) in [4.78, 5) is 26.8. The standard InChI is InChI=1S/C28H31Cl3N2O7/c1-18(34)39-23(13-33-10-9-32-17-33)14-37-22-7-5-20(6-8-22)27(3,4)21-11-24(30)26(25(31)12-21)38-16-28(36,15-29)40-19(2)35/h5-12,17,23,36H,13-16H2,1-4H3/t23-,28+/m1/s1. The quantitative estimate of drug-likeness (QED) is 0.155. The third kappa shape index (κ3) is 8.51. The van der Waals surface area contributed by atoms with E-state index in [-0.39, 0.29) is 22.4 Å². The molecular formula is C28H31Cl3N2O7. The molecule has 1 heterocycles. The maximum Gasteiger partial charge on any atom is 0.305 e. The van der Waals surface area contributed by atoms with Gasteiger partial charge in [0.2, 0.25) is 0 Å². The Morgan fingerprint density at radius 2 is 1.68 bits per heavy atom. The topological polar surface area (TPSA) is 109 Å². The third-order valence-corrected chi connectivity index (χ3v) is 7.00. The Morgan fingerprint density at radius 1 is 1.02 bits per heavy atom. The lowest BCUT2D eigenvalue weighted by Crippen LogP contribution is -2.42. The predicted octanol–water partition coefficient (Wildman–Crippen LogP) is 5.40.